The topological polar surface area (TPSA) is 79.5 Å². The molecular weight excluding hydrogens is 294 g/mol. The molecule has 2 heterocycles. The molecule has 6 nitrogen and oxygen atoms in total. The highest BCUT2D eigenvalue weighted by molar-refractivity contribution is 6.03. The SMILES string of the molecule is CC1Oc2c(cccc2C(=O)NCC2CNC2)NC1=O.Cl. The van der Waals surface area contributed by atoms with Gasteiger partial charge in [0.15, 0.2) is 11.9 Å². The molecule has 2 aliphatic rings. The molecule has 1 atom stereocenters. The Morgan fingerprint density at radius 3 is 2.86 bits per heavy atom. The van der Waals surface area contributed by atoms with E-state index >= 15 is 0 Å². The molecule has 1 aromatic carbocycles. The van der Waals surface area contributed by atoms with Crippen LogP contribution in [0.2, 0.25) is 0 Å². The number of hydrogen-bond acceptors (Lipinski definition) is 4. The van der Waals surface area contributed by atoms with E-state index in [9.17, 15) is 9.59 Å². The number of ether oxygens (including phenoxy) is 1. The lowest BCUT2D eigenvalue weighted by Crippen LogP contribution is -2.48. The summed E-state index contributed by atoms with van der Waals surface area (Å²) >= 11 is 0. The number of para-hydroxylation sites is 1. The van der Waals surface area contributed by atoms with Gasteiger partial charge in [0.2, 0.25) is 0 Å². The molecule has 114 valence electrons. The van der Waals surface area contributed by atoms with Crippen molar-refractivity contribution >= 4 is 29.9 Å². The molecule has 0 bridgehead atoms. The molecule has 21 heavy (non-hydrogen) atoms. The normalized spacial score (nSPS) is 20.2. The van der Waals surface area contributed by atoms with Crippen LogP contribution in [-0.2, 0) is 4.79 Å². The number of anilines is 1. The summed E-state index contributed by atoms with van der Waals surface area (Å²) < 4.78 is 5.56. The van der Waals surface area contributed by atoms with Crippen LogP contribution in [0.25, 0.3) is 0 Å². The lowest BCUT2D eigenvalue weighted by Gasteiger charge is -2.28. The first-order valence-corrected chi connectivity index (χ1v) is 6.74. The van der Waals surface area contributed by atoms with E-state index in [2.05, 4.69) is 16.0 Å². The van der Waals surface area contributed by atoms with Crippen molar-refractivity contribution in [3.05, 3.63) is 23.8 Å². The number of carbonyl (C=O) groups excluding carboxylic acids is 2. The van der Waals surface area contributed by atoms with E-state index < -0.39 is 6.10 Å². The Morgan fingerprint density at radius 1 is 1.43 bits per heavy atom. The van der Waals surface area contributed by atoms with Crippen molar-refractivity contribution in [3.8, 4) is 5.75 Å². The van der Waals surface area contributed by atoms with Crippen LogP contribution in [0.4, 0.5) is 5.69 Å². The van der Waals surface area contributed by atoms with E-state index in [1.165, 1.54) is 0 Å². The van der Waals surface area contributed by atoms with Gasteiger partial charge in [-0.05, 0) is 19.1 Å². The van der Waals surface area contributed by atoms with E-state index in [0.717, 1.165) is 13.1 Å². The van der Waals surface area contributed by atoms with Gasteiger partial charge in [-0.15, -0.1) is 12.4 Å². The average Bonchev–Trinajstić information content (AvgIpc) is 2.37. The van der Waals surface area contributed by atoms with E-state index in [-0.39, 0.29) is 24.2 Å². The Bertz CT molecular complexity index is 560. The third-order valence-electron chi connectivity index (χ3n) is 3.60. The molecule has 1 unspecified atom stereocenters. The molecule has 1 aromatic rings. The third kappa shape index (κ3) is 3.11. The molecule has 3 N–H and O–H groups in total. The van der Waals surface area contributed by atoms with Crippen molar-refractivity contribution in [1.82, 2.24) is 10.6 Å². The van der Waals surface area contributed by atoms with Crippen LogP contribution in [0.15, 0.2) is 18.2 Å². The van der Waals surface area contributed by atoms with Crippen molar-refractivity contribution < 1.29 is 14.3 Å². The number of hydrogen-bond donors (Lipinski definition) is 3. The van der Waals surface area contributed by atoms with Crippen LogP contribution in [0.1, 0.15) is 17.3 Å². The van der Waals surface area contributed by atoms with Gasteiger partial charge < -0.3 is 20.7 Å². The molecule has 0 spiro atoms. The maximum Gasteiger partial charge on any atom is 0.265 e. The zero-order valence-electron chi connectivity index (χ0n) is 11.6. The Balaban J connectivity index is 0.00000161. The fraction of sp³-hybridized carbons (Fsp3) is 0.429. The van der Waals surface area contributed by atoms with Gasteiger partial charge in [0.05, 0.1) is 11.3 Å². The zero-order chi connectivity index (χ0) is 14.1. The summed E-state index contributed by atoms with van der Waals surface area (Å²) in [5.74, 6) is 0.578. The van der Waals surface area contributed by atoms with E-state index in [0.29, 0.717) is 29.5 Å². The van der Waals surface area contributed by atoms with Gasteiger partial charge in [-0.25, -0.2) is 0 Å². The minimum atomic E-state index is -0.590. The maximum atomic E-state index is 12.2. The first-order valence-electron chi connectivity index (χ1n) is 6.74. The second-order valence-corrected chi connectivity index (χ2v) is 5.17. The Labute approximate surface area is 129 Å². The second-order valence-electron chi connectivity index (χ2n) is 5.17. The number of halogens is 1. The molecule has 0 aromatic heterocycles. The minimum Gasteiger partial charge on any atom is -0.478 e. The number of benzene rings is 1. The smallest absolute Gasteiger partial charge is 0.265 e. The molecule has 0 radical (unpaired) electrons. The minimum absolute atomic E-state index is 0. The number of carbonyl (C=O) groups is 2. The molecule has 1 saturated heterocycles. The van der Waals surface area contributed by atoms with Crippen LogP contribution in [0.3, 0.4) is 0 Å². The van der Waals surface area contributed by atoms with Crippen LogP contribution in [0.5, 0.6) is 5.75 Å². The predicted molar refractivity (Wildman–Crippen MR) is 81.1 cm³/mol. The van der Waals surface area contributed by atoms with Crippen LogP contribution in [-0.4, -0.2) is 37.6 Å². The molecule has 1 fully saturated rings. The summed E-state index contributed by atoms with van der Waals surface area (Å²) in [6, 6.07) is 5.17. The van der Waals surface area contributed by atoms with Crippen molar-refractivity contribution in [1.29, 1.82) is 0 Å². The van der Waals surface area contributed by atoms with Gasteiger partial charge in [-0.3, -0.25) is 9.59 Å². The number of nitrogens with one attached hydrogen (secondary N) is 3. The Hall–Kier alpha value is -1.79. The van der Waals surface area contributed by atoms with E-state index in [1.54, 1.807) is 25.1 Å². The predicted octanol–water partition coefficient (Wildman–Crippen LogP) is 0.777. The van der Waals surface area contributed by atoms with E-state index in [1.807, 2.05) is 0 Å². The average molecular weight is 312 g/mol. The van der Waals surface area contributed by atoms with Crippen molar-refractivity contribution in [2.24, 2.45) is 5.92 Å². The first-order chi connectivity index (χ1) is 9.65. The van der Waals surface area contributed by atoms with Crippen molar-refractivity contribution in [3.63, 3.8) is 0 Å². The summed E-state index contributed by atoms with van der Waals surface area (Å²) in [6.07, 6.45) is -0.590. The standard InChI is InChI=1S/C14H17N3O3.ClH/c1-8-13(18)17-11-4-2-3-10(12(11)20-8)14(19)16-7-9-5-15-6-9;/h2-4,8-9,15H,5-7H2,1H3,(H,16,19)(H,17,18);1H. The summed E-state index contributed by atoms with van der Waals surface area (Å²) in [6.45, 7) is 4.19. The van der Waals surface area contributed by atoms with Crippen LogP contribution >= 0.6 is 12.4 Å². The van der Waals surface area contributed by atoms with E-state index in [4.69, 9.17) is 4.74 Å². The van der Waals surface area contributed by atoms with Gasteiger partial charge in [0, 0.05) is 25.6 Å². The van der Waals surface area contributed by atoms with Crippen molar-refractivity contribution in [2.75, 3.05) is 25.0 Å². The molecular formula is C14H18ClN3O3. The summed E-state index contributed by atoms with van der Waals surface area (Å²) in [5, 5.41) is 8.81. The number of amides is 2. The second kappa shape index (κ2) is 6.32. The lowest BCUT2D eigenvalue weighted by atomic mass is 10.0. The fourth-order valence-corrected chi connectivity index (χ4v) is 2.23. The first kappa shape index (κ1) is 15.6. The summed E-state index contributed by atoms with van der Waals surface area (Å²) in [4.78, 5) is 23.8. The van der Waals surface area contributed by atoms with Gasteiger partial charge in [-0.2, -0.15) is 0 Å². The lowest BCUT2D eigenvalue weighted by molar-refractivity contribution is -0.122. The highest BCUT2D eigenvalue weighted by Crippen LogP contribution is 2.33. The van der Waals surface area contributed by atoms with Gasteiger partial charge in [-0.1, -0.05) is 6.07 Å². The molecule has 3 rings (SSSR count). The van der Waals surface area contributed by atoms with Crippen LogP contribution < -0.4 is 20.7 Å². The Kier molecular flexibility index (Phi) is 4.69. The zero-order valence-corrected chi connectivity index (χ0v) is 12.5. The molecule has 0 aliphatic carbocycles. The van der Waals surface area contributed by atoms with Gasteiger partial charge in [0.25, 0.3) is 11.8 Å². The summed E-state index contributed by atoms with van der Waals surface area (Å²) in [5.41, 5.74) is 1.01. The number of fused-ring (bicyclic) bond motifs is 1. The Morgan fingerprint density at radius 2 is 2.19 bits per heavy atom. The summed E-state index contributed by atoms with van der Waals surface area (Å²) in [7, 11) is 0. The third-order valence-corrected chi connectivity index (χ3v) is 3.60. The molecule has 0 saturated carbocycles. The fourth-order valence-electron chi connectivity index (χ4n) is 2.23. The number of rotatable bonds is 3. The maximum absolute atomic E-state index is 12.2. The highest BCUT2D eigenvalue weighted by atomic mass is 35.5. The molecule has 2 aliphatic heterocycles. The quantitative estimate of drug-likeness (QED) is 0.770. The van der Waals surface area contributed by atoms with Crippen molar-refractivity contribution in [2.45, 2.75) is 13.0 Å². The molecule has 2 amide bonds. The largest absolute Gasteiger partial charge is 0.478 e. The van der Waals surface area contributed by atoms with Gasteiger partial charge in [0.1, 0.15) is 0 Å². The molecule has 7 heteroatoms. The van der Waals surface area contributed by atoms with Gasteiger partial charge >= 0.3 is 0 Å². The monoisotopic (exact) mass is 311 g/mol. The van der Waals surface area contributed by atoms with Crippen LogP contribution in [0, 0.1) is 5.92 Å². The highest BCUT2D eigenvalue weighted by Gasteiger charge is 2.28.